The number of ether oxygens (including phenoxy) is 15. The highest BCUT2D eigenvalue weighted by Crippen LogP contribution is 2.39. The normalized spacial score (nSPS) is 53.7. The highest BCUT2D eigenvalue weighted by molar-refractivity contribution is 5.50. The third-order valence-electron chi connectivity index (χ3n) is 15.1. The Bertz CT molecular complexity index is 1910. The highest BCUT2D eigenvalue weighted by Gasteiger charge is 2.60. The lowest BCUT2D eigenvalue weighted by molar-refractivity contribution is -0.398. The number of hydrogen-bond acceptors (Lipinski definition) is 36. The topological polar surface area (TPSA) is 560 Å². The van der Waals surface area contributed by atoms with Gasteiger partial charge in [0.15, 0.2) is 44.0 Å². The van der Waals surface area contributed by atoms with Gasteiger partial charge in [-0.2, -0.15) is 0 Å². The van der Waals surface area contributed by atoms with E-state index in [9.17, 15) is 107 Å². The molecule has 0 unspecified atom stereocenters. The van der Waals surface area contributed by atoms with E-state index in [-0.39, 0.29) is 6.29 Å². The summed E-state index contributed by atoms with van der Waals surface area (Å²) in [7, 11) is 0. The van der Waals surface area contributed by atoms with Gasteiger partial charge in [-0.05, 0) is 0 Å². The number of aliphatic hydroxyl groups is 20. The minimum absolute atomic E-state index is 0.237. The fraction of sp³-hybridized carbons (Fsp3) is 0.977. The van der Waals surface area contributed by atoms with Crippen molar-refractivity contribution in [2.24, 2.45) is 0 Å². The van der Waals surface area contributed by atoms with Crippen LogP contribution in [0.4, 0.5) is 0 Å². The Morgan fingerprint density at radius 1 is 0.250 bits per heavy atom. The van der Waals surface area contributed by atoms with Crippen molar-refractivity contribution >= 4 is 6.29 Å². The molecule has 36 nitrogen and oxygen atoms in total. The van der Waals surface area contributed by atoms with Crippen LogP contribution in [0.5, 0.6) is 0 Å². The molecule has 0 saturated carbocycles. The molecular weight excluding hydrogens is 1100 g/mol. The van der Waals surface area contributed by atoms with Crippen LogP contribution in [0.3, 0.4) is 0 Å². The van der Waals surface area contributed by atoms with Crippen LogP contribution >= 0.6 is 0 Å². The summed E-state index contributed by atoms with van der Waals surface area (Å²) in [5, 5.41) is 221. The molecule has 0 aromatic carbocycles. The van der Waals surface area contributed by atoms with E-state index in [0.717, 1.165) is 0 Å². The molecule has 14 bridgehead atoms. The fourth-order valence-corrected chi connectivity index (χ4v) is 10.7. The highest BCUT2D eigenvalue weighted by atomic mass is 16.8. The molecule has 15 aliphatic rings. The van der Waals surface area contributed by atoms with Gasteiger partial charge >= 0.3 is 0 Å². The monoisotopic (exact) mass is 1180 g/mol. The van der Waals surface area contributed by atoms with Crippen molar-refractivity contribution in [3.05, 3.63) is 0 Å². The molecule has 15 fully saturated rings. The first-order chi connectivity index (χ1) is 38.2. The lowest BCUT2D eigenvalue weighted by Crippen LogP contribution is -2.68. The first kappa shape index (κ1) is 64.3. The second kappa shape index (κ2) is 27.8. The summed E-state index contributed by atoms with van der Waals surface area (Å²) in [5.41, 5.74) is 0. The van der Waals surface area contributed by atoms with Crippen LogP contribution in [0, 0.1) is 0 Å². The third kappa shape index (κ3) is 12.7. The van der Waals surface area contributed by atoms with Gasteiger partial charge in [0.25, 0.3) is 0 Å². The number of aliphatic hydroxyl groups excluding tert-OH is 20. The van der Waals surface area contributed by atoms with Crippen molar-refractivity contribution in [1.29, 1.82) is 0 Å². The molecule has 36 heteroatoms. The average molecular weight is 1180 g/mol. The molecule has 15 heterocycles. The molecule has 35 atom stereocenters. The largest absolute Gasteiger partial charge is 0.394 e. The van der Waals surface area contributed by atoms with Crippen LogP contribution in [0.2, 0.25) is 0 Å². The Morgan fingerprint density at radius 2 is 0.425 bits per heavy atom. The van der Waals surface area contributed by atoms with Crippen LogP contribution < -0.4 is 0 Å². The Kier molecular flexibility index (Phi) is 22.3. The Balaban J connectivity index is 1.10. The zero-order valence-corrected chi connectivity index (χ0v) is 41.9. The Morgan fingerprint density at radius 3 is 0.613 bits per heavy atom. The van der Waals surface area contributed by atoms with Gasteiger partial charge in [-0.3, -0.25) is 0 Å². The second-order valence-corrected chi connectivity index (χ2v) is 20.1. The number of carbonyl (C=O) groups is 1. The zero-order valence-electron chi connectivity index (χ0n) is 41.9. The van der Waals surface area contributed by atoms with Crippen molar-refractivity contribution in [3.8, 4) is 0 Å². The Labute approximate surface area is 451 Å². The van der Waals surface area contributed by atoms with Gasteiger partial charge in [0, 0.05) is 0 Å². The lowest BCUT2D eigenvalue weighted by Gasteiger charge is -2.50. The molecule has 0 aromatic rings. The summed E-state index contributed by atoms with van der Waals surface area (Å²) in [6.07, 6.45) is -69.8. The summed E-state index contributed by atoms with van der Waals surface area (Å²) < 4.78 is 85.8. The van der Waals surface area contributed by atoms with E-state index in [2.05, 4.69) is 0 Å². The van der Waals surface area contributed by atoms with Crippen LogP contribution in [0.1, 0.15) is 0 Å². The van der Waals surface area contributed by atoms with E-state index < -0.39 is 268 Å². The van der Waals surface area contributed by atoms with Gasteiger partial charge in [-0.1, -0.05) is 0 Å². The average Bonchev–Trinajstić information content (AvgIpc) is 3.54. The predicted octanol–water partition coefficient (Wildman–Crippen LogP) is -15.0. The quantitative estimate of drug-likeness (QED) is 0.0903. The maximum Gasteiger partial charge on any atom is 0.187 e. The summed E-state index contributed by atoms with van der Waals surface area (Å²) in [6.45, 7) is -8.17. The van der Waals surface area contributed by atoms with Crippen molar-refractivity contribution in [1.82, 2.24) is 0 Å². The first-order valence-corrected chi connectivity index (χ1v) is 25.5. The molecule has 0 aromatic heterocycles. The number of aldehydes is 1. The van der Waals surface area contributed by atoms with Crippen LogP contribution in [0.25, 0.3) is 0 Å². The number of carbonyl (C=O) groups excluding carboxylic acids is 1. The van der Waals surface area contributed by atoms with E-state index >= 15 is 0 Å². The van der Waals surface area contributed by atoms with Gasteiger partial charge in [-0.15, -0.1) is 0 Å². The molecule has 0 radical (unpaired) electrons. The van der Waals surface area contributed by atoms with Gasteiger partial charge in [0.05, 0.1) is 46.2 Å². The fourth-order valence-electron chi connectivity index (χ4n) is 10.7. The zero-order chi connectivity index (χ0) is 58.2. The van der Waals surface area contributed by atoms with Gasteiger partial charge in [-0.25, -0.2) is 0 Å². The van der Waals surface area contributed by atoms with Crippen LogP contribution in [-0.2, 0) is 75.8 Å². The van der Waals surface area contributed by atoms with E-state index in [1.54, 1.807) is 0 Å². The maximum atomic E-state index is 11.7. The minimum atomic E-state index is -2.22. The van der Waals surface area contributed by atoms with Crippen LogP contribution in [0.15, 0.2) is 0 Å². The van der Waals surface area contributed by atoms with Gasteiger partial charge in [0.2, 0.25) is 0 Å². The molecule has 15 aliphatic heterocycles. The summed E-state index contributed by atoms with van der Waals surface area (Å²) >= 11 is 0. The summed E-state index contributed by atoms with van der Waals surface area (Å²) in [5.74, 6) is 0. The Hall–Kier alpha value is -1.73. The molecule has 20 N–H and O–H groups in total. The molecule has 0 spiro atoms. The van der Waals surface area contributed by atoms with E-state index in [4.69, 9.17) is 71.1 Å². The lowest BCUT2D eigenvalue weighted by atomic mass is 9.95. The van der Waals surface area contributed by atoms with Crippen molar-refractivity contribution in [2.45, 2.75) is 215 Å². The van der Waals surface area contributed by atoms with Crippen molar-refractivity contribution < 1.29 is 178 Å². The van der Waals surface area contributed by atoms with Crippen LogP contribution in [-0.4, -0.2) is 376 Å². The minimum Gasteiger partial charge on any atom is -0.394 e. The van der Waals surface area contributed by atoms with Crippen molar-refractivity contribution in [3.63, 3.8) is 0 Å². The summed E-state index contributed by atoms with van der Waals surface area (Å²) in [4.78, 5) is 11.6. The molecule has 464 valence electrons. The molecular formula is C44H72O36. The van der Waals surface area contributed by atoms with E-state index in [1.165, 1.54) is 0 Å². The third-order valence-corrected chi connectivity index (χ3v) is 15.1. The van der Waals surface area contributed by atoms with E-state index in [0.29, 0.717) is 0 Å². The molecule has 0 amide bonds. The van der Waals surface area contributed by atoms with Crippen molar-refractivity contribution in [2.75, 3.05) is 52.9 Å². The molecule has 0 aliphatic carbocycles. The van der Waals surface area contributed by atoms with E-state index in [1.807, 2.05) is 0 Å². The smallest absolute Gasteiger partial charge is 0.187 e. The molecule has 15 rings (SSSR count). The molecule has 15 saturated heterocycles. The van der Waals surface area contributed by atoms with Gasteiger partial charge in [0.1, 0.15) is 184 Å². The predicted molar refractivity (Wildman–Crippen MR) is 238 cm³/mol. The van der Waals surface area contributed by atoms with Gasteiger partial charge < -0.3 is 178 Å². The SMILES string of the molecule is O=CCO[C@H]1[C@H]2O[C@H]3[C@@H](O)[C@H](O)[C@@H](O[C@H]4[C@@H](O)[C@H](O)[C@@H](O[C@H]5[C@@H](O)[C@H](O)[C@@H](O[C@H]6[C@H](O)[C@@H](O)[C@@H](O[C@H]7[C@H](O)[C@@H](O)[C@@H](O[C@H]8[C@H](O)[C@@H](O)[C@@H](O[C@@H]([C@@H]1O)[C@@H](CO)O2)O[C@@H]8CO)O[C@@H]7CO)O[C@@H]6CO)O[C@@H]5CO)O[C@@H]4CO)O[C@@H]3CO. The standard InChI is InChI=1S/C44H72O36/c45-1-2-66-37-29(65)36-16(9-52)73-44(37)80-35-15(8-51)72-42(28(64)22(35)58)78-33-13(6-49)70-40(26(62)20(33)56)76-31-11(4-47)68-38(24(60)18(31)54)74-30-10(3-46)67-39(23(59)17(30)53)75-32-12(5-48)69-41(25(61)19(32)55)77-34-14(7-50)71-43(79-36)27(63)21(34)57/h1,10-44,46-65H,2-9H2/t10-,11-,12-,13-,14-,15-,16-,17-,18+,19-,20+,21-,22+,23-,24+,25-,26+,27-,28+,29+,30-,31-,32-,33-,34-,35-,36-,37-,38-,39-,40-,41-,42-,43-,44-/m1/s1. The summed E-state index contributed by atoms with van der Waals surface area (Å²) in [6, 6.07) is 0. The number of fused-ring (bicyclic) bond motifs is 7. The number of rotatable bonds is 10. The first-order valence-electron chi connectivity index (χ1n) is 25.5. The maximum absolute atomic E-state index is 11.7. The second-order valence-electron chi connectivity index (χ2n) is 20.1. The number of hydrogen-bond donors (Lipinski definition) is 20. The molecule has 80 heavy (non-hydrogen) atoms.